The van der Waals surface area contributed by atoms with Crippen molar-refractivity contribution < 1.29 is 24.5 Å². The van der Waals surface area contributed by atoms with Crippen LogP contribution < -0.4 is 9.84 Å². The highest BCUT2D eigenvalue weighted by molar-refractivity contribution is 8.26. The number of hydrogen-bond donors (Lipinski definition) is 1. The van der Waals surface area contributed by atoms with Crippen LogP contribution in [0.15, 0.2) is 23.1 Å². The molecule has 0 aliphatic carbocycles. The van der Waals surface area contributed by atoms with Gasteiger partial charge in [-0.2, -0.15) is 0 Å². The van der Waals surface area contributed by atoms with Crippen LogP contribution >= 0.6 is 24.0 Å². The number of phenolic OH excluding ortho intramolecular Hbond substituents is 1. The SMILES string of the molecule is CCOc1cc(C=C2SC(=S)N([C@@H](CC)C(=O)[O-])C2=O)ccc1O. The number of carbonyl (C=O) groups is 2. The van der Waals surface area contributed by atoms with Crippen LogP contribution in [0.5, 0.6) is 11.5 Å². The zero-order valence-electron chi connectivity index (χ0n) is 13.1. The number of benzene rings is 1. The summed E-state index contributed by atoms with van der Waals surface area (Å²) in [4.78, 5) is 25.1. The topological polar surface area (TPSA) is 89.9 Å². The number of hydrogen-bond acceptors (Lipinski definition) is 7. The van der Waals surface area contributed by atoms with Gasteiger partial charge in [0.05, 0.1) is 23.5 Å². The predicted molar refractivity (Wildman–Crippen MR) is 93.4 cm³/mol. The molecule has 1 fully saturated rings. The van der Waals surface area contributed by atoms with Crippen LogP contribution in [0, 0.1) is 0 Å². The van der Waals surface area contributed by atoms with E-state index < -0.39 is 17.9 Å². The van der Waals surface area contributed by atoms with Crippen LogP contribution in [0.2, 0.25) is 0 Å². The molecule has 1 N–H and O–H groups in total. The third-order valence-electron chi connectivity index (χ3n) is 3.38. The van der Waals surface area contributed by atoms with E-state index >= 15 is 0 Å². The Labute approximate surface area is 149 Å². The number of ether oxygens (including phenoxy) is 1. The lowest BCUT2D eigenvalue weighted by Gasteiger charge is -2.26. The molecular weight excluding hydrogens is 350 g/mol. The molecular formula is C16H16NO5S2-. The summed E-state index contributed by atoms with van der Waals surface area (Å²) >= 11 is 6.17. The number of nitrogens with zero attached hydrogens (tertiary/aromatic N) is 1. The molecule has 128 valence electrons. The molecule has 6 nitrogen and oxygen atoms in total. The summed E-state index contributed by atoms with van der Waals surface area (Å²) in [5, 5.41) is 20.9. The van der Waals surface area contributed by atoms with Gasteiger partial charge >= 0.3 is 0 Å². The maximum absolute atomic E-state index is 12.5. The van der Waals surface area contributed by atoms with Crippen molar-refractivity contribution in [3.63, 3.8) is 0 Å². The van der Waals surface area contributed by atoms with Gasteiger partial charge in [0, 0.05) is 0 Å². The maximum atomic E-state index is 12.5. The first kappa shape index (κ1) is 18.3. The monoisotopic (exact) mass is 366 g/mol. The number of carboxylic acid groups (broad SMARTS) is 1. The molecule has 0 unspecified atom stereocenters. The summed E-state index contributed by atoms with van der Waals surface area (Å²) in [5.41, 5.74) is 0.637. The number of amides is 1. The van der Waals surface area contributed by atoms with Crippen LogP contribution in [-0.2, 0) is 9.59 Å². The average Bonchev–Trinajstić information content (AvgIpc) is 2.79. The molecule has 1 aromatic rings. The van der Waals surface area contributed by atoms with Crippen LogP contribution in [0.3, 0.4) is 0 Å². The van der Waals surface area contributed by atoms with Gasteiger partial charge in [0.15, 0.2) is 11.5 Å². The van der Waals surface area contributed by atoms with Gasteiger partial charge in [0.1, 0.15) is 4.32 Å². The highest BCUT2D eigenvalue weighted by Crippen LogP contribution is 2.35. The second-order valence-electron chi connectivity index (χ2n) is 4.95. The average molecular weight is 366 g/mol. The van der Waals surface area contributed by atoms with Gasteiger partial charge in [0.25, 0.3) is 5.91 Å². The van der Waals surface area contributed by atoms with E-state index in [9.17, 15) is 19.8 Å². The third kappa shape index (κ3) is 3.70. The molecule has 1 amide bonds. The van der Waals surface area contributed by atoms with Gasteiger partial charge in [-0.3, -0.25) is 9.69 Å². The molecule has 1 aliphatic rings. The lowest BCUT2D eigenvalue weighted by Crippen LogP contribution is -2.49. The van der Waals surface area contributed by atoms with E-state index in [0.29, 0.717) is 22.8 Å². The normalized spacial score (nSPS) is 17.4. The minimum atomic E-state index is -1.33. The Morgan fingerprint density at radius 1 is 1.50 bits per heavy atom. The van der Waals surface area contributed by atoms with Crippen molar-refractivity contribution in [1.82, 2.24) is 4.90 Å². The van der Waals surface area contributed by atoms with E-state index in [-0.39, 0.29) is 16.5 Å². The summed E-state index contributed by atoms with van der Waals surface area (Å²) in [6.45, 7) is 3.84. The van der Waals surface area contributed by atoms with Gasteiger partial charge < -0.3 is 19.7 Å². The van der Waals surface area contributed by atoms with E-state index in [2.05, 4.69) is 0 Å². The van der Waals surface area contributed by atoms with Crippen molar-refractivity contribution in [2.75, 3.05) is 6.61 Å². The van der Waals surface area contributed by atoms with Crippen molar-refractivity contribution in [1.29, 1.82) is 0 Å². The van der Waals surface area contributed by atoms with Crippen molar-refractivity contribution in [2.24, 2.45) is 0 Å². The second kappa shape index (κ2) is 7.67. The predicted octanol–water partition coefficient (Wildman–Crippen LogP) is 1.52. The highest BCUT2D eigenvalue weighted by atomic mass is 32.2. The van der Waals surface area contributed by atoms with Crippen LogP contribution in [0.4, 0.5) is 0 Å². The van der Waals surface area contributed by atoms with Crippen LogP contribution in [-0.4, -0.2) is 38.9 Å². The van der Waals surface area contributed by atoms with Crippen LogP contribution in [0.1, 0.15) is 25.8 Å². The first-order chi connectivity index (χ1) is 11.4. The molecule has 0 bridgehead atoms. The molecule has 0 aromatic heterocycles. The molecule has 8 heteroatoms. The summed E-state index contributed by atoms with van der Waals surface area (Å²) in [6, 6.07) is 3.61. The minimum Gasteiger partial charge on any atom is -0.548 e. The number of aliphatic carboxylic acids is 1. The lowest BCUT2D eigenvalue weighted by molar-refractivity contribution is -0.310. The van der Waals surface area contributed by atoms with Gasteiger partial charge in [-0.25, -0.2) is 0 Å². The number of carboxylic acids is 1. The molecule has 0 saturated carbocycles. The zero-order valence-corrected chi connectivity index (χ0v) is 14.8. The number of aromatic hydroxyl groups is 1. The van der Waals surface area contributed by atoms with E-state index in [1.54, 1.807) is 32.1 Å². The molecule has 24 heavy (non-hydrogen) atoms. The molecule has 1 atom stereocenters. The molecule has 0 spiro atoms. The van der Waals surface area contributed by atoms with E-state index in [1.807, 2.05) is 0 Å². The largest absolute Gasteiger partial charge is 0.548 e. The van der Waals surface area contributed by atoms with Crippen molar-refractivity contribution >= 4 is 46.3 Å². The first-order valence-electron chi connectivity index (χ1n) is 7.32. The van der Waals surface area contributed by atoms with Gasteiger partial charge in [-0.1, -0.05) is 37.0 Å². The lowest BCUT2D eigenvalue weighted by atomic mass is 10.1. The fraction of sp³-hybridized carbons (Fsp3) is 0.312. The maximum Gasteiger partial charge on any atom is 0.266 e. The number of phenols is 1. The van der Waals surface area contributed by atoms with E-state index in [1.165, 1.54) is 6.07 Å². The summed E-state index contributed by atoms with van der Waals surface area (Å²) < 4.78 is 5.49. The fourth-order valence-corrected chi connectivity index (χ4v) is 3.60. The number of thioether (sulfide) groups is 1. The molecule has 0 radical (unpaired) electrons. The molecule has 2 rings (SSSR count). The minimum absolute atomic E-state index is 0.00421. The van der Waals surface area contributed by atoms with Crippen molar-refractivity contribution in [3.05, 3.63) is 28.7 Å². The fourth-order valence-electron chi connectivity index (χ4n) is 2.25. The van der Waals surface area contributed by atoms with Gasteiger partial charge in [-0.05, 0) is 37.1 Å². The zero-order chi connectivity index (χ0) is 17.9. The third-order valence-corrected chi connectivity index (χ3v) is 4.71. The first-order valence-corrected chi connectivity index (χ1v) is 8.55. The van der Waals surface area contributed by atoms with Gasteiger partial charge in [0.2, 0.25) is 0 Å². The van der Waals surface area contributed by atoms with E-state index in [0.717, 1.165) is 16.7 Å². The number of rotatable bonds is 6. The van der Waals surface area contributed by atoms with Crippen LogP contribution in [0.25, 0.3) is 6.08 Å². The highest BCUT2D eigenvalue weighted by Gasteiger charge is 2.37. The molecule has 1 heterocycles. The second-order valence-corrected chi connectivity index (χ2v) is 6.63. The summed E-state index contributed by atoms with van der Waals surface area (Å²) in [5.74, 6) is -1.49. The van der Waals surface area contributed by atoms with Gasteiger partial charge in [-0.15, -0.1) is 0 Å². The van der Waals surface area contributed by atoms with Crippen molar-refractivity contribution in [2.45, 2.75) is 26.3 Å². The Bertz CT molecular complexity index is 716. The number of thiocarbonyl (C=S) groups is 1. The molecule has 1 aliphatic heterocycles. The molecule has 1 saturated heterocycles. The Kier molecular flexibility index (Phi) is 5.84. The van der Waals surface area contributed by atoms with Crippen molar-refractivity contribution in [3.8, 4) is 11.5 Å². The van der Waals surface area contributed by atoms with E-state index in [4.69, 9.17) is 17.0 Å². The number of carbonyl (C=O) groups excluding carboxylic acids is 2. The quantitative estimate of drug-likeness (QED) is 0.603. The standard InChI is InChI=1S/C16H17NO5S2/c1-3-10(15(20)21)17-14(19)13(24-16(17)23)8-9-5-6-11(18)12(7-9)22-4-2/h5-8,10,18H,3-4H2,1-2H3,(H,20,21)/p-1/t10-/m0/s1. The summed E-state index contributed by atoms with van der Waals surface area (Å²) in [6.07, 6.45) is 1.79. The molecule has 1 aromatic carbocycles. The Balaban J connectivity index is 2.32. The Hall–Kier alpha value is -2.06. The smallest absolute Gasteiger partial charge is 0.266 e. The summed E-state index contributed by atoms with van der Waals surface area (Å²) in [7, 11) is 0. The Morgan fingerprint density at radius 3 is 2.79 bits per heavy atom. The Morgan fingerprint density at radius 2 is 2.21 bits per heavy atom.